The van der Waals surface area contributed by atoms with Gasteiger partial charge in [0, 0.05) is 0 Å². The van der Waals surface area contributed by atoms with Gasteiger partial charge in [-0.1, -0.05) is 63.6 Å². The van der Waals surface area contributed by atoms with Crippen molar-refractivity contribution in [1.82, 2.24) is 0 Å². The summed E-state index contributed by atoms with van der Waals surface area (Å²) >= 11 is 4.67. The molecule has 0 amide bonds. The summed E-state index contributed by atoms with van der Waals surface area (Å²) in [4.78, 5) is 4.11. The molecule has 98 valence electrons. The summed E-state index contributed by atoms with van der Waals surface area (Å²) in [5.41, 5.74) is 2.28. The van der Waals surface area contributed by atoms with E-state index in [0.29, 0.717) is 0 Å². The Kier molecular flexibility index (Phi) is 8.37. The molecule has 0 spiro atoms. The molecule has 0 unspecified atom stereocenters. The highest BCUT2D eigenvalue weighted by Crippen LogP contribution is 2.20. The van der Waals surface area contributed by atoms with Crippen LogP contribution in [-0.4, -0.2) is 5.16 Å². The lowest BCUT2D eigenvalue weighted by Crippen LogP contribution is -1.87. The largest absolute Gasteiger partial charge is 0.194 e. The Bertz CT molecular complexity index is 380. The molecule has 0 aliphatic heterocycles. The third-order valence-electron chi connectivity index (χ3n) is 3.21. The zero-order valence-corrected chi connectivity index (χ0v) is 12.1. The highest BCUT2D eigenvalue weighted by molar-refractivity contribution is 7.78. The van der Waals surface area contributed by atoms with E-state index in [4.69, 9.17) is 0 Å². The summed E-state index contributed by atoms with van der Waals surface area (Å²) in [5, 5.41) is 2.46. The number of aliphatic imine (C=N–C) groups is 1. The number of unbranched alkanes of at least 4 members (excludes halogenated alkanes) is 6. The van der Waals surface area contributed by atoms with Crippen molar-refractivity contribution in [3.8, 4) is 0 Å². The van der Waals surface area contributed by atoms with Gasteiger partial charge in [0.25, 0.3) is 0 Å². The van der Waals surface area contributed by atoms with E-state index in [1.165, 1.54) is 50.5 Å². The molecule has 0 aliphatic carbocycles. The van der Waals surface area contributed by atoms with E-state index in [2.05, 4.69) is 41.4 Å². The molecule has 0 fully saturated rings. The van der Waals surface area contributed by atoms with Gasteiger partial charge in [-0.3, -0.25) is 0 Å². The SMILES string of the molecule is CCCCCCCCCc1ccccc1N=C=S. The number of isothiocyanates is 1. The van der Waals surface area contributed by atoms with Gasteiger partial charge >= 0.3 is 0 Å². The average Bonchev–Trinajstić information content (AvgIpc) is 2.40. The molecule has 1 rings (SSSR count). The monoisotopic (exact) mass is 261 g/mol. The van der Waals surface area contributed by atoms with Crippen LogP contribution in [-0.2, 0) is 6.42 Å². The van der Waals surface area contributed by atoms with Crippen LogP contribution in [0.5, 0.6) is 0 Å². The van der Waals surface area contributed by atoms with Crippen LogP contribution in [0.4, 0.5) is 5.69 Å². The predicted octanol–water partition coefficient (Wildman–Crippen LogP) is 5.71. The Hall–Kier alpha value is -0.980. The molecule has 0 saturated carbocycles. The molecule has 0 saturated heterocycles. The minimum absolute atomic E-state index is 0.985. The molecule has 0 aromatic heterocycles. The van der Waals surface area contributed by atoms with Crippen LogP contribution >= 0.6 is 12.2 Å². The zero-order chi connectivity index (χ0) is 13.1. The Balaban J connectivity index is 2.24. The topological polar surface area (TPSA) is 12.4 Å². The molecule has 1 aromatic rings. The molecule has 0 atom stereocenters. The summed E-state index contributed by atoms with van der Waals surface area (Å²) in [6.45, 7) is 2.26. The summed E-state index contributed by atoms with van der Waals surface area (Å²) in [6, 6.07) is 8.22. The molecule has 0 bridgehead atoms. The summed E-state index contributed by atoms with van der Waals surface area (Å²) < 4.78 is 0. The van der Waals surface area contributed by atoms with Crippen molar-refractivity contribution in [1.29, 1.82) is 0 Å². The lowest BCUT2D eigenvalue weighted by Gasteiger charge is -2.04. The molecular formula is C16H23NS. The van der Waals surface area contributed by atoms with Crippen LogP contribution in [0.2, 0.25) is 0 Å². The molecule has 18 heavy (non-hydrogen) atoms. The number of nitrogens with zero attached hydrogens (tertiary/aromatic N) is 1. The van der Waals surface area contributed by atoms with Crippen LogP contribution < -0.4 is 0 Å². The number of aryl methyl sites for hydroxylation is 1. The lowest BCUT2D eigenvalue weighted by molar-refractivity contribution is 0.589. The second kappa shape index (κ2) is 9.99. The first kappa shape index (κ1) is 15.1. The molecule has 0 N–H and O–H groups in total. The fraction of sp³-hybridized carbons (Fsp3) is 0.562. The van der Waals surface area contributed by atoms with E-state index in [1.54, 1.807) is 0 Å². The minimum Gasteiger partial charge on any atom is -0.194 e. The number of para-hydroxylation sites is 1. The van der Waals surface area contributed by atoms with Crippen molar-refractivity contribution < 1.29 is 0 Å². The lowest BCUT2D eigenvalue weighted by atomic mass is 10.0. The van der Waals surface area contributed by atoms with Gasteiger partial charge in [0.2, 0.25) is 0 Å². The maximum Gasteiger partial charge on any atom is 0.0771 e. The van der Waals surface area contributed by atoms with Crippen molar-refractivity contribution in [2.75, 3.05) is 0 Å². The van der Waals surface area contributed by atoms with Gasteiger partial charge in [0.05, 0.1) is 10.8 Å². The second-order valence-electron chi connectivity index (χ2n) is 4.70. The quantitative estimate of drug-likeness (QED) is 0.315. The molecule has 0 radical (unpaired) electrons. The van der Waals surface area contributed by atoms with Crippen LogP contribution in [0, 0.1) is 0 Å². The molecule has 0 aliphatic rings. The van der Waals surface area contributed by atoms with Gasteiger partial charge in [0.15, 0.2) is 0 Å². The van der Waals surface area contributed by atoms with E-state index in [0.717, 1.165) is 12.1 Å². The van der Waals surface area contributed by atoms with E-state index in [-0.39, 0.29) is 0 Å². The van der Waals surface area contributed by atoms with Gasteiger partial charge in [-0.05, 0) is 36.7 Å². The normalized spacial score (nSPS) is 10.1. The van der Waals surface area contributed by atoms with Crippen molar-refractivity contribution >= 4 is 23.1 Å². The molecule has 2 heteroatoms. The number of benzene rings is 1. The highest BCUT2D eigenvalue weighted by atomic mass is 32.1. The fourth-order valence-corrected chi connectivity index (χ4v) is 2.25. The van der Waals surface area contributed by atoms with Crippen molar-refractivity contribution in [3.05, 3.63) is 29.8 Å². The summed E-state index contributed by atoms with van der Waals surface area (Å²) in [7, 11) is 0. The van der Waals surface area contributed by atoms with Crippen molar-refractivity contribution in [2.24, 2.45) is 4.99 Å². The number of hydrogen-bond donors (Lipinski definition) is 0. The van der Waals surface area contributed by atoms with E-state index < -0.39 is 0 Å². The fourth-order valence-electron chi connectivity index (χ4n) is 2.15. The van der Waals surface area contributed by atoms with Crippen molar-refractivity contribution in [2.45, 2.75) is 58.3 Å². The predicted molar refractivity (Wildman–Crippen MR) is 82.8 cm³/mol. The van der Waals surface area contributed by atoms with Gasteiger partial charge in [-0.25, -0.2) is 0 Å². The molecule has 0 heterocycles. The van der Waals surface area contributed by atoms with E-state index in [1.807, 2.05) is 12.1 Å². The summed E-state index contributed by atoms with van der Waals surface area (Å²) in [6.07, 6.45) is 10.5. The Morgan fingerprint density at radius 1 is 1.00 bits per heavy atom. The second-order valence-corrected chi connectivity index (χ2v) is 4.89. The van der Waals surface area contributed by atoms with E-state index in [9.17, 15) is 0 Å². The molecule has 1 aromatic carbocycles. The first-order chi connectivity index (χ1) is 8.88. The standard InChI is InChI=1S/C16H23NS/c1-2-3-4-5-6-7-8-11-15-12-9-10-13-16(15)17-14-18/h9-10,12-13H,2-8,11H2,1H3. The van der Waals surface area contributed by atoms with Crippen LogP contribution in [0.1, 0.15) is 57.4 Å². The zero-order valence-electron chi connectivity index (χ0n) is 11.3. The van der Waals surface area contributed by atoms with Crippen LogP contribution in [0.3, 0.4) is 0 Å². The minimum atomic E-state index is 0.985. The van der Waals surface area contributed by atoms with Crippen molar-refractivity contribution in [3.63, 3.8) is 0 Å². The Labute approximate surface area is 116 Å². The van der Waals surface area contributed by atoms with E-state index >= 15 is 0 Å². The highest BCUT2D eigenvalue weighted by Gasteiger charge is 1.99. The Morgan fingerprint density at radius 2 is 1.67 bits per heavy atom. The maximum absolute atomic E-state index is 4.67. The van der Waals surface area contributed by atoms with Gasteiger partial charge in [-0.15, -0.1) is 0 Å². The number of thiocarbonyl (C=S) groups is 1. The third-order valence-corrected chi connectivity index (χ3v) is 3.30. The molecule has 1 nitrogen and oxygen atoms in total. The number of hydrogen-bond acceptors (Lipinski definition) is 2. The third kappa shape index (κ3) is 6.09. The van der Waals surface area contributed by atoms with Crippen LogP contribution in [0.15, 0.2) is 29.3 Å². The average molecular weight is 261 g/mol. The smallest absolute Gasteiger partial charge is 0.0771 e. The van der Waals surface area contributed by atoms with Crippen LogP contribution in [0.25, 0.3) is 0 Å². The first-order valence-electron chi connectivity index (χ1n) is 7.04. The van der Waals surface area contributed by atoms with Gasteiger partial charge < -0.3 is 0 Å². The van der Waals surface area contributed by atoms with Gasteiger partial charge in [-0.2, -0.15) is 4.99 Å². The number of rotatable bonds is 9. The maximum atomic E-state index is 4.67. The molecular weight excluding hydrogens is 238 g/mol. The van der Waals surface area contributed by atoms with Gasteiger partial charge in [0.1, 0.15) is 0 Å². The summed E-state index contributed by atoms with van der Waals surface area (Å²) in [5.74, 6) is 0. The Morgan fingerprint density at radius 3 is 2.39 bits per heavy atom. The first-order valence-corrected chi connectivity index (χ1v) is 7.45.